The van der Waals surface area contributed by atoms with Crippen LogP contribution < -0.4 is 4.72 Å². The molecule has 0 saturated carbocycles. The van der Waals surface area contributed by atoms with Crippen LogP contribution in [0.3, 0.4) is 0 Å². The lowest BCUT2D eigenvalue weighted by Crippen LogP contribution is -2.24. The minimum Gasteiger partial charge on any atom is -0.394 e. The van der Waals surface area contributed by atoms with Crippen LogP contribution in [0.5, 0.6) is 0 Å². The highest BCUT2D eigenvalue weighted by Gasteiger charge is 2.15. The van der Waals surface area contributed by atoms with Gasteiger partial charge in [0.15, 0.2) is 0 Å². The summed E-state index contributed by atoms with van der Waals surface area (Å²) < 4.78 is 32.4. The van der Waals surface area contributed by atoms with Crippen molar-refractivity contribution in [3.05, 3.63) is 12.4 Å². The number of methoxy groups -OCH3 is 1. The number of hydrogen-bond acceptors (Lipinski definition) is 5. The van der Waals surface area contributed by atoms with E-state index in [2.05, 4.69) is 9.82 Å². The highest BCUT2D eigenvalue weighted by atomic mass is 32.2. The molecule has 0 aliphatic heterocycles. The molecule has 0 aliphatic rings. The molecule has 0 amide bonds. The Hall–Kier alpha value is -0.960. The van der Waals surface area contributed by atoms with Crippen LogP contribution in [-0.2, 0) is 21.3 Å². The second kappa shape index (κ2) is 7.47. The first-order valence-electron chi connectivity index (χ1n) is 5.72. The maximum absolute atomic E-state index is 11.8. The number of nitrogens with one attached hydrogen (secondary N) is 1. The molecule has 0 atom stereocenters. The van der Waals surface area contributed by atoms with Crippen LogP contribution in [0, 0.1) is 0 Å². The molecule has 8 heteroatoms. The van der Waals surface area contributed by atoms with E-state index in [4.69, 9.17) is 9.84 Å². The van der Waals surface area contributed by atoms with Gasteiger partial charge in [-0.3, -0.25) is 4.68 Å². The average molecular weight is 277 g/mol. The molecule has 1 rings (SSSR count). The molecule has 2 N–H and O–H groups in total. The van der Waals surface area contributed by atoms with Crippen LogP contribution in [0.1, 0.15) is 12.8 Å². The van der Waals surface area contributed by atoms with Crippen molar-refractivity contribution >= 4 is 10.0 Å². The number of aliphatic hydroxyl groups excluding tert-OH is 1. The lowest BCUT2D eigenvalue weighted by Gasteiger charge is -2.04. The summed E-state index contributed by atoms with van der Waals surface area (Å²) in [6.07, 6.45) is 4.20. The Morgan fingerprint density at radius 3 is 2.94 bits per heavy atom. The molecule has 0 radical (unpaired) electrons. The predicted octanol–water partition coefficient (Wildman–Crippen LogP) is -0.420. The van der Waals surface area contributed by atoms with Gasteiger partial charge < -0.3 is 9.84 Å². The van der Waals surface area contributed by atoms with E-state index in [0.717, 1.165) is 12.8 Å². The van der Waals surface area contributed by atoms with E-state index >= 15 is 0 Å². The van der Waals surface area contributed by atoms with Gasteiger partial charge in [0, 0.05) is 26.5 Å². The monoisotopic (exact) mass is 277 g/mol. The third kappa shape index (κ3) is 4.73. The Morgan fingerprint density at radius 1 is 1.50 bits per heavy atom. The first-order chi connectivity index (χ1) is 8.60. The summed E-state index contributed by atoms with van der Waals surface area (Å²) in [5, 5.41) is 12.6. The van der Waals surface area contributed by atoms with Gasteiger partial charge in [-0.05, 0) is 12.8 Å². The number of aromatic nitrogens is 2. The van der Waals surface area contributed by atoms with E-state index < -0.39 is 10.0 Å². The molecule has 0 saturated heterocycles. The van der Waals surface area contributed by atoms with Gasteiger partial charge in [0.2, 0.25) is 10.0 Å². The van der Waals surface area contributed by atoms with Gasteiger partial charge in [0.05, 0.1) is 19.3 Å². The summed E-state index contributed by atoms with van der Waals surface area (Å²) in [5.74, 6) is 0. The van der Waals surface area contributed by atoms with E-state index in [-0.39, 0.29) is 18.0 Å². The van der Waals surface area contributed by atoms with Crippen LogP contribution in [0.2, 0.25) is 0 Å². The zero-order valence-electron chi connectivity index (χ0n) is 10.4. The topological polar surface area (TPSA) is 93.5 Å². The lowest BCUT2D eigenvalue weighted by atomic mass is 10.3. The SMILES string of the molecule is COCCCCNS(=O)(=O)c1cnn(CCO)c1. The Bertz CT molecular complexity index is 444. The van der Waals surface area contributed by atoms with Crippen LogP contribution in [-0.4, -0.2) is 50.2 Å². The maximum atomic E-state index is 11.8. The van der Waals surface area contributed by atoms with Crippen molar-refractivity contribution < 1.29 is 18.3 Å². The number of hydrogen-bond donors (Lipinski definition) is 2. The molecule has 1 aromatic rings. The molecule has 0 aliphatic carbocycles. The Balaban J connectivity index is 2.46. The molecule has 0 bridgehead atoms. The second-order valence-electron chi connectivity index (χ2n) is 3.76. The Morgan fingerprint density at radius 2 is 2.28 bits per heavy atom. The smallest absolute Gasteiger partial charge is 0.243 e. The number of sulfonamides is 1. The molecule has 0 unspecified atom stereocenters. The Labute approximate surface area is 107 Å². The first kappa shape index (κ1) is 15.1. The molecule has 0 fully saturated rings. The van der Waals surface area contributed by atoms with Gasteiger partial charge in [-0.2, -0.15) is 5.10 Å². The van der Waals surface area contributed by atoms with Crippen molar-refractivity contribution in [2.24, 2.45) is 0 Å². The largest absolute Gasteiger partial charge is 0.394 e. The summed E-state index contributed by atoms with van der Waals surface area (Å²) in [6.45, 7) is 1.20. The Kier molecular flexibility index (Phi) is 6.27. The molecule has 1 aromatic heterocycles. The standard InChI is InChI=1S/C10H19N3O4S/c1-17-7-3-2-4-12-18(15,16)10-8-11-13(9-10)5-6-14/h8-9,12,14H,2-7H2,1H3. The summed E-state index contributed by atoms with van der Waals surface area (Å²) >= 11 is 0. The quantitative estimate of drug-likeness (QED) is 0.598. The molecular formula is C10H19N3O4S. The van der Waals surface area contributed by atoms with Crippen LogP contribution >= 0.6 is 0 Å². The van der Waals surface area contributed by atoms with Gasteiger partial charge in [0.25, 0.3) is 0 Å². The number of aliphatic hydroxyl groups is 1. The third-order valence-corrected chi connectivity index (χ3v) is 3.73. The summed E-state index contributed by atoms with van der Waals surface area (Å²) in [5.41, 5.74) is 0. The fraction of sp³-hybridized carbons (Fsp3) is 0.700. The van der Waals surface area contributed by atoms with Crippen molar-refractivity contribution in [2.75, 3.05) is 26.9 Å². The third-order valence-electron chi connectivity index (χ3n) is 2.32. The highest BCUT2D eigenvalue weighted by Crippen LogP contribution is 2.06. The van der Waals surface area contributed by atoms with Crippen molar-refractivity contribution in [2.45, 2.75) is 24.3 Å². The van der Waals surface area contributed by atoms with E-state index in [1.165, 1.54) is 17.1 Å². The molecule has 104 valence electrons. The number of rotatable bonds is 9. The fourth-order valence-electron chi connectivity index (χ4n) is 1.37. The van der Waals surface area contributed by atoms with Gasteiger partial charge in [-0.1, -0.05) is 0 Å². The van der Waals surface area contributed by atoms with Crippen molar-refractivity contribution in [3.8, 4) is 0 Å². The van der Waals surface area contributed by atoms with Crippen molar-refractivity contribution in [1.82, 2.24) is 14.5 Å². The summed E-state index contributed by atoms with van der Waals surface area (Å²) in [6, 6.07) is 0. The summed E-state index contributed by atoms with van der Waals surface area (Å²) in [4.78, 5) is 0.114. The van der Waals surface area contributed by atoms with E-state index in [0.29, 0.717) is 13.2 Å². The van der Waals surface area contributed by atoms with Gasteiger partial charge >= 0.3 is 0 Å². The first-order valence-corrected chi connectivity index (χ1v) is 7.20. The van der Waals surface area contributed by atoms with Crippen LogP contribution in [0.25, 0.3) is 0 Å². The second-order valence-corrected chi connectivity index (χ2v) is 5.53. The van der Waals surface area contributed by atoms with Gasteiger partial charge in [0.1, 0.15) is 4.90 Å². The molecule has 7 nitrogen and oxygen atoms in total. The summed E-state index contributed by atoms with van der Waals surface area (Å²) in [7, 11) is -1.89. The highest BCUT2D eigenvalue weighted by molar-refractivity contribution is 7.89. The molecule has 18 heavy (non-hydrogen) atoms. The lowest BCUT2D eigenvalue weighted by molar-refractivity contribution is 0.193. The minimum absolute atomic E-state index is 0.0778. The zero-order chi connectivity index (χ0) is 13.4. The zero-order valence-corrected chi connectivity index (χ0v) is 11.2. The van der Waals surface area contributed by atoms with Gasteiger partial charge in [-0.15, -0.1) is 0 Å². The average Bonchev–Trinajstić information content (AvgIpc) is 2.79. The van der Waals surface area contributed by atoms with E-state index in [1.807, 2.05) is 0 Å². The van der Waals surface area contributed by atoms with Crippen LogP contribution in [0.4, 0.5) is 0 Å². The van der Waals surface area contributed by atoms with Gasteiger partial charge in [-0.25, -0.2) is 13.1 Å². The number of nitrogens with zero attached hydrogens (tertiary/aromatic N) is 2. The molecule has 1 heterocycles. The van der Waals surface area contributed by atoms with Crippen molar-refractivity contribution in [1.29, 1.82) is 0 Å². The van der Waals surface area contributed by atoms with Crippen molar-refractivity contribution in [3.63, 3.8) is 0 Å². The van der Waals surface area contributed by atoms with E-state index in [1.54, 1.807) is 7.11 Å². The number of unbranched alkanes of at least 4 members (excludes halogenated alkanes) is 1. The molecule has 0 aromatic carbocycles. The minimum atomic E-state index is -3.50. The molecular weight excluding hydrogens is 258 g/mol. The number of ether oxygens (including phenoxy) is 1. The van der Waals surface area contributed by atoms with E-state index in [9.17, 15) is 8.42 Å². The van der Waals surface area contributed by atoms with Crippen LogP contribution in [0.15, 0.2) is 17.3 Å². The maximum Gasteiger partial charge on any atom is 0.243 e. The molecule has 0 spiro atoms. The predicted molar refractivity (Wildman–Crippen MR) is 65.6 cm³/mol. The fourth-order valence-corrected chi connectivity index (χ4v) is 2.40. The normalized spacial score (nSPS) is 11.9.